The minimum atomic E-state index is -1.73. The summed E-state index contributed by atoms with van der Waals surface area (Å²) in [5, 5.41) is 38.9. The number of guanidine groups is 1. The molecule has 0 aliphatic carbocycles. The SMILES string of the molecule is CCCC[C@H]1C(=O)N(C)[C@@H](CCCC)C(=O)C[C@@H](CCCNC(=N)N)C(=O)N[C@H](C(=O)NCC(N)=O)CSCC(=O)N[C@@H](Cc2ccccc2)C(=O)N(C)[C@@H](C)C(=O)N[C@@H](CC(N)=O)C(=O)N2CCC[C@H]2C(=O)C[C@@H](Cc2cnc[nH]2)C(=O)C[C@@H](CCC(N)=O)C(=O)N(C)CC(=O)N[C@@H](Cc2c[nH]c3ccccc23)C(=O)C[C@@H](CO)C(=O)N[C@@H](Cc2c[nH]c3ccccc23)C(=O)N1C. The van der Waals surface area contributed by atoms with Crippen molar-refractivity contribution in [2.75, 3.05) is 72.5 Å². The smallest absolute Gasteiger partial charge is 0.246 e. The van der Waals surface area contributed by atoms with E-state index >= 15 is 33.6 Å². The second-order valence-corrected chi connectivity index (χ2v) is 35.3. The van der Waals surface area contributed by atoms with Crippen LogP contribution in [0.15, 0.2) is 104 Å². The van der Waals surface area contributed by atoms with Crippen LogP contribution in [0.5, 0.6) is 0 Å². The van der Waals surface area contributed by atoms with Crippen molar-refractivity contribution in [3.05, 3.63) is 126 Å². The number of hydrogen-bond donors (Lipinski definition) is 16. The lowest BCUT2D eigenvalue weighted by Gasteiger charge is -2.36. The summed E-state index contributed by atoms with van der Waals surface area (Å²) in [5.41, 5.74) is 25.8. The van der Waals surface area contributed by atoms with Crippen molar-refractivity contribution in [1.29, 1.82) is 5.41 Å². The number of nitrogens with two attached hydrogens (primary N) is 4. The Balaban J connectivity index is 1.18. The Morgan fingerprint density at radius 1 is 0.534 bits per heavy atom. The van der Waals surface area contributed by atoms with Gasteiger partial charge in [-0.1, -0.05) is 106 Å². The highest BCUT2D eigenvalue weighted by molar-refractivity contribution is 8.00. The first kappa shape index (κ1) is 105. The van der Waals surface area contributed by atoms with Crippen molar-refractivity contribution in [3.63, 3.8) is 0 Å². The van der Waals surface area contributed by atoms with Gasteiger partial charge in [0, 0.05) is 162 Å². The fraction of sp³-hybridized carbons (Fsp3) is 0.522. The molecule has 2 aliphatic heterocycles. The largest absolute Gasteiger partial charge is 0.396 e. The molecule has 0 bridgehead atoms. The third-order valence-corrected chi connectivity index (χ3v) is 25.4. The maximum atomic E-state index is 15.7. The zero-order valence-electron chi connectivity index (χ0n) is 76.3. The van der Waals surface area contributed by atoms with Crippen LogP contribution in [0.4, 0.5) is 0 Å². The molecule has 133 heavy (non-hydrogen) atoms. The second kappa shape index (κ2) is 51.6. The number of aliphatic hydroxyl groups is 1. The molecular weight excluding hydrogens is 1740 g/mol. The molecule has 2 saturated heterocycles. The van der Waals surface area contributed by atoms with Crippen molar-refractivity contribution in [2.45, 2.75) is 210 Å². The average molecular weight is 1860 g/mol. The van der Waals surface area contributed by atoms with Gasteiger partial charge in [-0.2, -0.15) is 0 Å². The van der Waals surface area contributed by atoms with E-state index in [1.54, 1.807) is 91.3 Å². The number of unbranched alkanes of at least 4 members (excludes halogenated alkanes) is 2. The minimum Gasteiger partial charge on any atom is -0.396 e. The van der Waals surface area contributed by atoms with E-state index in [-0.39, 0.29) is 89.5 Å². The molecule has 6 aromatic rings. The van der Waals surface area contributed by atoms with Crippen LogP contribution in [0.3, 0.4) is 0 Å². The van der Waals surface area contributed by atoms with Gasteiger partial charge in [0.25, 0.3) is 0 Å². The van der Waals surface area contributed by atoms with Gasteiger partial charge in [-0.25, -0.2) is 4.98 Å². The van der Waals surface area contributed by atoms with E-state index in [1.807, 2.05) is 13.8 Å². The number of aliphatic hydroxyl groups excluding tert-OH is 1. The number of aromatic amines is 3. The number of carbonyl (C=O) groups excluding carboxylic acids is 18. The molecule has 0 spiro atoms. The maximum Gasteiger partial charge on any atom is 0.246 e. The lowest BCUT2D eigenvalue weighted by molar-refractivity contribution is -0.149. The first-order valence-corrected chi connectivity index (χ1v) is 46.0. The normalized spacial score (nSPS) is 23.6. The summed E-state index contributed by atoms with van der Waals surface area (Å²) in [6.07, 6.45) is 3.40. The molecule has 3 aromatic carbocycles. The van der Waals surface area contributed by atoms with Crippen LogP contribution in [-0.4, -0.2) is 288 Å². The zero-order chi connectivity index (χ0) is 97.3. The van der Waals surface area contributed by atoms with Crippen molar-refractivity contribution in [2.24, 2.45) is 46.6 Å². The summed E-state index contributed by atoms with van der Waals surface area (Å²) >= 11 is 0.813. The Hall–Kier alpha value is -13.2. The lowest BCUT2D eigenvalue weighted by atomic mass is 9.84. The van der Waals surface area contributed by atoms with Crippen molar-refractivity contribution < 1.29 is 91.4 Å². The predicted molar refractivity (Wildman–Crippen MR) is 493 cm³/mol. The number of thioether (sulfide) groups is 1. The van der Waals surface area contributed by atoms with E-state index in [4.69, 9.17) is 28.3 Å². The van der Waals surface area contributed by atoms with Gasteiger partial charge in [0.05, 0.1) is 62.2 Å². The number of fused-ring (bicyclic) bond motifs is 3. The molecule has 0 saturated carbocycles. The fourth-order valence-corrected chi connectivity index (χ4v) is 17.6. The van der Waals surface area contributed by atoms with Crippen LogP contribution in [0.25, 0.3) is 21.8 Å². The highest BCUT2D eigenvalue weighted by atomic mass is 32.2. The van der Waals surface area contributed by atoms with Crippen LogP contribution in [0, 0.1) is 29.1 Å². The van der Waals surface area contributed by atoms with Gasteiger partial charge < -0.3 is 105 Å². The van der Waals surface area contributed by atoms with Crippen LogP contribution < -0.4 is 60.2 Å². The quantitative estimate of drug-likeness (QED) is 0.0189. The number of aromatic nitrogens is 4. The molecule has 20 N–H and O–H groups in total. The number of benzene rings is 3. The molecule has 41 heteroatoms. The Bertz CT molecular complexity index is 5120. The average Bonchev–Trinajstić information content (AvgIpc) is 1.52. The molecule has 8 rings (SSSR count). The molecule has 14 amide bonds. The van der Waals surface area contributed by atoms with E-state index in [2.05, 4.69) is 57.2 Å². The highest BCUT2D eigenvalue weighted by Gasteiger charge is 2.44. The number of likely N-dealkylation sites (N-methyl/N-ethyl adjacent to an activating group) is 4. The monoisotopic (exact) mass is 1860 g/mol. The van der Waals surface area contributed by atoms with Crippen molar-refractivity contribution in [3.8, 4) is 0 Å². The maximum absolute atomic E-state index is 15.7. The third-order valence-electron chi connectivity index (χ3n) is 24.3. The van der Waals surface area contributed by atoms with E-state index in [0.717, 1.165) is 26.5 Å². The number of carbonyl (C=O) groups is 18. The number of hydrogen-bond acceptors (Lipinski definition) is 22. The van der Waals surface area contributed by atoms with Gasteiger partial charge in [-0.3, -0.25) is 91.7 Å². The van der Waals surface area contributed by atoms with E-state index in [0.29, 0.717) is 69.9 Å². The second-order valence-electron chi connectivity index (χ2n) is 34.3. The number of primary amides is 3. The van der Waals surface area contributed by atoms with E-state index in [9.17, 15) is 57.8 Å². The van der Waals surface area contributed by atoms with E-state index in [1.165, 1.54) is 57.4 Å². The van der Waals surface area contributed by atoms with Crippen LogP contribution in [0.1, 0.15) is 152 Å². The summed E-state index contributed by atoms with van der Waals surface area (Å²) < 4.78 is 0. The number of nitrogens with zero attached hydrogens (tertiary/aromatic N) is 6. The van der Waals surface area contributed by atoms with Gasteiger partial charge >= 0.3 is 0 Å². The molecule has 3 aromatic heterocycles. The fourth-order valence-electron chi connectivity index (χ4n) is 16.7. The molecule has 0 radical (unpaired) electrons. The van der Waals surface area contributed by atoms with Crippen molar-refractivity contribution >= 4 is 145 Å². The molecule has 5 heterocycles. The molecule has 13 atom stereocenters. The Labute approximate surface area is 775 Å². The number of H-pyrrole nitrogens is 3. The summed E-state index contributed by atoms with van der Waals surface area (Å²) in [4.78, 5) is 281. The summed E-state index contributed by atoms with van der Waals surface area (Å²) in [6.45, 7) is 2.55. The van der Waals surface area contributed by atoms with Gasteiger partial charge in [-0.05, 0) is 87.1 Å². The summed E-state index contributed by atoms with van der Waals surface area (Å²) in [5.74, 6) is -21.9. The molecule has 720 valence electrons. The van der Waals surface area contributed by atoms with Crippen LogP contribution >= 0.6 is 11.8 Å². The molecule has 2 aliphatic rings. The number of para-hydroxylation sites is 2. The summed E-state index contributed by atoms with van der Waals surface area (Å²) in [6, 6.07) is 9.60. The highest BCUT2D eigenvalue weighted by Crippen LogP contribution is 2.30. The number of nitrogens with one attached hydrogen (secondary N) is 11. The Kier molecular flexibility index (Phi) is 40.8. The first-order chi connectivity index (χ1) is 63.4. The third kappa shape index (κ3) is 31.0. The molecule has 40 nitrogen and oxygen atoms in total. The van der Waals surface area contributed by atoms with Crippen LogP contribution in [0.2, 0.25) is 0 Å². The number of Topliss-reactive ketones (excluding diaryl/α,β-unsaturated/α-hetero) is 4. The number of amides is 14. The van der Waals surface area contributed by atoms with Gasteiger partial charge in [0.15, 0.2) is 23.3 Å². The number of ketones is 4. The Morgan fingerprint density at radius 3 is 1.71 bits per heavy atom. The van der Waals surface area contributed by atoms with Gasteiger partial charge in [0.1, 0.15) is 42.0 Å². The lowest BCUT2D eigenvalue weighted by Crippen LogP contribution is -2.58. The van der Waals surface area contributed by atoms with Crippen LogP contribution in [-0.2, 0) is 112 Å². The molecule has 2 fully saturated rings. The van der Waals surface area contributed by atoms with Crippen molar-refractivity contribution in [1.82, 2.24) is 81.7 Å². The summed E-state index contributed by atoms with van der Waals surface area (Å²) in [7, 11) is 5.28. The molecular formula is C92H127N21O19S. The van der Waals surface area contributed by atoms with Gasteiger partial charge in [-0.15, -0.1) is 11.8 Å². The topological polar surface area (TPSA) is 616 Å². The Morgan fingerprint density at radius 2 is 1.11 bits per heavy atom. The number of rotatable bonds is 27. The molecule has 0 unspecified atom stereocenters. The first-order valence-electron chi connectivity index (χ1n) is 44.9. The zero-order valence-corrected chi connectivity index (χ0v) is 77.1. The minimum absolute atomic E-state index is 0.0284. The predicted octanol–water partition coefficient (Wildman–Crippen LogP) is 0.444. The standard InChI is InChI=1S/C92H127N21O19S/c1-8-10-28-71-76(117)39-55(23-19-33-99-92(96)97)84(125)108-70(86(127)102-47-80(95)121)50-133-51-82(123)105-67(35-54-21-13-12-14-22-54)88(129)110(5)53(3)83(124)106-69(43-79(94)120)90(131)113-34-20-30-72(113)77(118)41-57(36-61-46-98-52-103-61)74(115)40-56(31-32-78(93)119)87(128)109(4)48-81(122)104-66(37-58-44-100-64-26-17-15-24-62(58)64)75(116)42-60(49-114)85(126)107-68(38-59-45-101-65-27-18-16-25-63(59)65)89(130)112(7)73(29-11-9-2)91(132)111(71)6/h12-18,21-22,24-27,44-46,52-53,55-57,60,66-73,100-101,114H,8-11,19-20,23,28-43,47-51H2,1-7H3,(H2,93,119)(H2,94,120)(H2,95,121)(H,98,103)(H,102,127)(H,104,122)(H,105,123)(H,106,124)(H,107,126)(H,108,125)(H4,96,97,99)/t53-,55+,56+,57+,60-,66-,67-,68-,69-,70-,71-,72-,73-/m0/s1. The van der Waals surface area contributed by atoms with Gasteiger partial charge in [0.2, 0.25) is 82.7 Å². The number of imidazole rings is 1. The van der Waals surface area contributed by atoms with E-state index < -0.39 is 254 Å².